The minimum Gasteiger partial charge on any atom is -0.339 e. The smallest absolute Gasteiger partial charge is 0.225 e. The van der Waals surface area contributed by atoms with Crippen molar-refractivity contribution in [1.29, 1.82) is 0 Å². The van der Waals surface area contributed by atoms with Crippen molar-refractivity contribution in [2.24, 2.45) is 11.7 Å². The fourth-order valence-corrected chi connectivity index (χ4v) is 2.70. The van der Waals surface area contributed by atoms with Crippen LogP contribution in [0.3, 0.4) is 0 Å². The molecule has 0 radical (unpaired) electrons. The third-order valence-electron chi connectivity index (χ3n) is 3.82. The molecule has 0 aromatic rings. The molecule has 1 rings (SSSR count). The number of nitrogens with two attached hydrogens (primary N) is 1. The van der Waals surface area contributed by atoms with E-state index in [1.165, 1.54) is 12.8 Å². The molecular weight excluding hydrogens is 212 g/mol. The van der Waals surface area contributed by atoms with Crippen molar-refractivity contribution in [2.75, 3.05) is 13.1 Å². The Labute approximate surface area is 106 Å². The molecule has 100 valence electrons. The Hall–Kier alpha value is -0.570. The number of likely N-dealkylation sites (tertiary alicyclic amines) is 1. The van der Waals surface area contributed by atoms with E-state index in [-0.39, 0.29) is 5.92 Å². The first-order valence-corrected chi connectivity index (χ1v) is 7.21. The molecule has 0 saturated carbocycles. The maximum absolute atomic E-state index is 12.4. The van der Waals surface area contributed by atoms with Crippen LogP contribution in [0.2, 0.25) is 0 Å². The van der Waals surface area contributed by atoms with Crippen LogP contribution in [0, 0.1) is 5.92 Å². The Morgan fingerprint density at radius 1 is 1.47 bits per heavy atom. The predicted molar refractivity (Wildman–Crippen MR) is 71.7 cm³/mol. The molecular formula is C14H28N2O. The molecule has 1 amide bonds. The lowest BCUT2D eigenvalue weighted by Gasteiger charge is -2.37. The highest BCUT2D eigenvalue weighted by Gasteiger charge is 2.28. The van der Waals surface area contributed by atoms with Gasteiger partial charge >= 0.3 is 0 Å². The molecule has 0 aromatic heterocycles. The third kappa shape index (κ3) is 4.30. The Kier molecular flexibility index (Phi) is 6.56. The van der Waals surface area contributed by atoms with Gasteiger partial charge in [0.25, 0.3) is 0 Å². The SMILES string of the molecule is CCCCC(C)C(=O)N1CCCCC1CCN. The highest BCUT2D eigenvalue weighted by atomic mass is 16.2. The van der Waals surface area contributed by atoms with Gasteiger partial charge in [0, 0.05) is 18.5 Å². The van der Waals surface area contributed by atoms with Crippen molar-refractivity contribution in [3.8, 4) is 0 Å². The van der Waals surface area contributed by atoms with E-state index in [2.05, 4.69) is 18.7 Å². The van der Waals surface area contributed by atoms with Crippen LogP contribution in [0.25, 0.3) is 0 Å². The van der Waals surface area contributed by atoms with Crippen LogP contribution in [0.1, 0.15) is 58.8 Å². The lowest BCUT2D eigenvalue weighted by molar-refractivity contribution is -0.139. The molecule has 0 bridgehead atoms. The summed E-state index contributed by atoms with van der Waals surface area (Å²) < 4.78 is 0. The van der Waals surface area contributed by atoms with E-state index in [1.807, 2.05) is 0 Å². The van der Waals surface area contributed by atoms with Crippen LogP contribution < -0.4 is 5.73 Å². The Bertz CT molecular complexity index is 228. The summed E-state index contributed by atoms with van der Waals surface area (Å²) in [5.74, 6) is 0.546. The molecule has 3 heteroatoms. The van der Waals surface area contributed by atoms with E-state index in [0.29, 0.717) is 18.5 Å². The second-order valence-corrected chi connectivity index (χ2v) is 5.30. The van der Waals surface area contributed by atoms with Crippen LogP contribution in [-0.2, 0) is 4.79 Å². The maximum atomic E-state index is 12.4. The van der Waals surface area contributed by atoms with Crippen LogP contribution in [0.5, 0.6) is 0 Å². The molecule has 17 heavy (non-hydrogen) atoms. The summed E-state index contributed by atoms with van der Waals surface area (Å²) in [5, 5.41) is 0. The molecule has 2 unspecified atom stereocenters. The maximum Gasteiger partial charge on any atom is 0.225 e. The number of amides is 1. The Morgan fingerprint density at radius 2 is 2.24 bits per heavy atom. The summed E-state index contributed by atoms with van der Waals surface area (Å²) >= 11 is 0. The fourth-order valence-electron chi connectivity index (χ4n) is 2.70. The van der Waals surface area contributed by atoms with Crippen molar-refractivity contribution in [3.63, 3.8) is 0 Å². The summed E-state index contributed by atoms with van der Waals surface area (Å²) in [6.07, 6.45) is 7.87. The van der Waals surface area contributed by atoms with Gasteiger partial charge in [-0.2, -0.15) is 0 Å². The number of unbranched alkanes of at least 4 members (excludes halogenated alkanes) is 1. The first-order valence-electron chi connectivity index (χ1n) is 7.21. The normalized spacial score (nSPS) is 22.5. The monoisotopic (exact) mass is 240 g/mol. The fraction of sp³-hybridized carbons (Fsp3) is 0.929. The molecule has 1 heterocycles. The van der Waals surface area contributed by atoms with Gasteiger partial charge in [0.05, 0.1) is 0 Å². The van der Waals surface area contributed by atoms with Gasteiger partial charge in [-0.3, -0.25) is 4.79 Å². The molecule has 1 aliphatic rings. The first kappa shape index (κ1) is 14.5. The summed E-state index contributed by atoms with van der Waals surface area (Å²) in [6.45, 7) is 5.89. The van der Waals surface area contributed by atoms with E-state index >= 15 is 0 Å². The second-order valence-electron chi connectivity index (χ2n) is 5.30. The number of carbonyl (C=O) groups is 1. The van der Waals surface area contributed by atoms with Crippen molar-refractivity contribution >= 4 is 5.91 Å². The zero-order chi connectivity index (χ0) is 12.7. The van der Waals surface area contributed by atoms with Gasteiger partial charge in [-0.05, 0) is 38.6 Å². The summed E-state index contributed by atoms with van der Waals surface area (Å²) in [4.78, 5) is 14.5. The molecule has 1 aliphatic heterocycles. The highest BCUT2D eigenvalue weighted by Crippen LogP contribution is 2.22. The molecule has 2 atom stereocenters. The van der Waals surface area contributed by atoms with Gasteiger partial charge in [0.2, 0.25) is 5.91 Å². The predicted octanol–water partition coefficient (Wildman–Crippen LogP) is 2.54. The molecule has 1 saturated heterocycles. The van der Waals surface area contributed by atoms with Crippen molar-refractivity contribution < 1.29 is 4.79 Å². The van der Waals surface area contributed by atoms with Gasteiger partial charge in [-0.15, -0.1) is 0 Å². The molecule has 0 aliphatic carbocycles. The number of carbonyl (C=O) groups excluding carboxylic acids is 1. The van der Waals surface area contributed by atoms with Gasteiger partial charge < -0.3 is 10.6 Å². The van der Waals surface area contributed by atoms with Gasteiger partial charge in [0.15, 0.2) is 0 Å². The van der Waals surface area contributed by atoms with Crippen LogP contribution in [-0.4, -0.2) is 29.9 Å². The largest absolute Gasteiger partial charge is 0.339 e. The lowest BCUT2D eigenvalue weighted by Crippen LogP contribution is -2.46. The van der Waals surface area contributed by atoms with E-state index in [4.69, 9.17) is 5.73 Å². The molecule has 0 aromatic carbocycles. The molecule has 2 N–H and O–H groups in total. The average Bonchev–Trinajstić information content (AvgIpc) is 2.36. The number of hydrogen-bond donors (Lipinski definition) is 1. The number of hydrogen-bond acceptors (Lipinski definition) is 2. The highest BCUT2D eigenvalue weighted by molar-refractivity contribution is 5.78. The van der Waals surface area contributed by atoms with Crippen molar-refractivity contribution in [2.45, 2.75) is 64.8 Å². The molecule has 0 spiro atoms. The first-order chi connectivity index (χ1) is 8.20. The minimum atomic E-state index is 0.188. The van der Waals surface area contributed by atoms with Gasteiger partial charge in [-0.1, -0.05) is 26.7 Å². The average molecular weight is 240 g/mol. The Balaban J connectivity index is 2.51. The standard InChI is InChI=1S/C14H28N2O/c1-3-4-7-12(2)14(17)16-11-6-5-8-13(16)9-10-15/h12-13H,3-11,15H2,1-2H3. The lowest BCUT2D eigenvalue weighted by atomic mass is 9.95. The van der Waals surface area contributed by atoms with E-state index in [0.717, 1.165) is 38.6 Å². The number of nitrogens with zero attached hydrogens (tertiary/aromatic N) is 1. The van der Waals surface area contributed by atoms with Crippen molar-refractivity contribution in [3.05, 3.63) is 0 Å². The van der Waals surface area contributed by atoms with E-state index in [1.54, 1.807) is 0 Å². The summed E-state index contributed by atoms with van der Waals surface area (Å²) in [6, 6.07) is 0.408. The zero-order valence-corrected chi connectivity index (χ0v) is 11.5. The zero-order valence-electron chi connectivity index (χ0n) is 11.5. The van der Waals surface area contributed by atoms with Gasteiger partial charge in [0.1, 0.15) is 0 Å². The van der Waals surface area contributed by atoms with Crippen LogP contribution >= 0.6 is 0 Å². The van der Waals surface area contributed by atoms with Crippen LogP contribution in [0.4, 0.5) is 0 Å². The van der Waals surface area contributed by atoms with Crippen LogP contribution in [0.15, 0.2) is 0 Å². The topological polar surface area (TPSA) is 46.3 Å². The number of piperidine rings is 1. The Morgan fingerprint density at radius 3 is 2.88 bits per heavy atom. The third-order valence-corrected chi connectivity index (χ3v) is 3.82. The summed E-state index contributed by atoms with van der Waals surface area (Å²) in [7, 11) is 0. The number of rotatable bonds is 6. The second kappa shape index (κ2) is 7.70. The minimum absolute atomic E-state index is 0.188. The van der Waals surface area contributed by atoms with E-state index < -0.39 is 0 Å². The van der Waals surface area contributed by atoms with E-state index in [9.17, 15) is 4.79 Å². The van der Waals surface area contributed by atoms with Gasteiger partial charge in [-0.25, -0.2) is 0 Å². The quantitative estimate of drug-likeness (QED) is 0.775. The molecule has 1 fully saturated rings. The van der Waals surface area contributed by atoms with Crippen molar-refractivity contribution in [1.82, 2.24) is 4.90 Å². The summed E-state index contributed by atoms with van der Waals surface area (Å²) in [5.41, 5.74) is 5.64. The molecule has 3 nitrogen and oxygen atoms in total.